The summed E-state index contributed by atoms with van der Waals surface area (Å²) in [5, 5.41) is 6.48. The van der Waals surface area contributed by atoms with E-state index in [1.807, 2.05) is 0 Å². The molecule has 1 rings (SSSR count). The van der Waals surface area contributed by atoms with Crippen molar-refractivity contribution in [1.82, 2.24) is 10.6 Å². The highest BCUT2D eigenvalue weighted by molar-refractivity contribution is 5.79. The van der Waals surface area contributed by atoms with Gasteiger partial charge in [-0.15, -0.1) is 0 Å². The fourth-order valence-electron chi connectivity index (χ4n) is 1.99. The van der Waals surface area contributed by atoms with Crippen molar-refractivity contribution in [1.29, 1.82) is 0 Å². The van der Waals surface area contributed by atoms with Gasteiger partial charge in [-0.25, -0.2) is 0 Å². The van der Waals surface area contributed by atoms with E-state index in [0.717, 1.165) is 45.0 Å². The summed E-state index contributed by atoms with van der Waals surface area (Å²) in [7, 11) is 0. The molecule has 0 aromatic carbocycles. The molecule has 1 aliphatic rings. The van der Waals surface area contributed by atoms with E-state index in [4.69, 9.17) is 4.74 Å². The molecule has 94 valence electrons. The van der Waals surface area contributed by atoms with E-state index in [0.29, 0.717) is 12.0 Å². The van der Waals surface area contributed by atoms with Gasteiger partial charge in [-0.05, 0) is 39.5 Å². The van der Waals surface area contributed by atoms with E-state index in [9.17, 15) is 0 Å². The third-order valence-electron chi connectivity index (χ3n) is 2.79. The van der Waals surface area contributed by atoms with Crippen molar-refractivity contribution in [3.05, 3.63) is 0 Å². The molecule has 1 aliphatic heterocycles. The number of guanidine groups is 1. The van der Waals surface area contributed by atoms with E-state index >= 15 is 0 Å². The number of rotatable bonds is 4. The Labute approximate surface area is 98.9 Å². The van der Waals surface area contributed by atoms with Gasteiger partial charge in [0.1, 0.15) is 0 Å². The van der Waals surface area contributed by atoms with Crippen molar-refractivity contribution in [3.8, 4) is 0 Å². The van der Waals surface area contributed by atoms with Crippen molar-refractivity contribution in [2.24, 2.45) is 10.9 Å². The van der Waals surface area contributed by atoms with Gasteiger partial charge < -0.3 is 15.4 Å². The van der Waals surface area contributed by atoms with Gasteiger partial charge >= 0.3 is 0 Å². The fraction of sp³-hybridized carbons (Fsp3) is 0.917. The minimum absolute atomic E-state index is 0.399. The van der Waals surface area contributed by atoms with Crippen molar-refractivity contribution in [3.63, 3.8) is 0 Å². The quantitative estimate of drug-likeness (QED) is 0.563. The van der Waals surface area contributed by atoms with E-state index in [1.165, 1.54) is 0 Å². The van der Waals surface area contributed by atoms with Crippen molar-refractivity contribution < 1.29 is 4.74 Å². The molecule has 0 spiro atoms. The minimum atomic E-state index is 0.399. The van der Waals surface area contributed by atoms with Crippen molar-refractivity contribution in [2.75, 3.05) is 26.2 Å². The lowest BCUT2D eigenvalue weighted by Gasteiger charge is -2.26. The molecule has 0 saturated carbocycles. The normalized spacial score (nSPS) is 24.9. The summed E-state index contributed by atoms with van der Waals surface area (Å²) < 4.78 is 5.53. The molecule has 0 radical (unpaired) electrons. The number of aliphatic imine (C=N–C) groups is 1. The zero-order valence-corrected chi connectivity index (χ0v) is 10.8. The molecule has 1 saturated heterocycles. The smallest absolute Gasteiger partial charge is 0.191 e. The van der Waals surface area contributed by atoms with Gasteiger partial charge in [0, 0.05) is 26.2 Å². The molecule has 0 aliphatic carbocycles. The van der Waals surface area contributed by atoms with Crippen LogP contribution in [0.5, 0.6) is 0 Å². The molecule has 0 unspecified atom stereocenters. The minimum Gasteiger partial charge on any atom is -0.378 e. The lowest BCUT2D eigenvalue weighted by atomic mass is 9.96. The van der Waals surface area contributed by atoms with Crippen LogP contribution in [0.2, 0.25) is 0 Å². The molecule has 2 atom stereocenters. The second-order valence-electron chi connectivity index (χ2n) is 4.32. The molecule has 4 nitrogen and oxygen atoms in total. The highest BCUT2D eigenvalue weighted by Gasteiger charge is 2.18. The van der Waals surface area contributed by atoms with Gasteiger partial charge in [0.2, 0.25) is 0 Å². The van der Waals surface area contributed by atoms with E-state index in [-0.39, 0.29) is 0 Å². The molecular weight excluding hydrogens is 202 g/mol. The molecule has 2 N–H and O–H groups in total. The van der Waals surface area contributed by atoms with Crippen molar-refractivity contribution in [2.45, 2.75) is 39.7 Å². The number of nitrogens with one attached hydrogen (secondary N) is 2. The summed E-state index contributed by atoms with van der Waals surface area (Å²) in [6.07, 6.45) is 2.67. The van der Waals surface area contributed by atoms with Crippen LogP contribution in [0.4, 0.5) is 0 Å². The average molecular weight is 227 g/mol. The molecule has 16 heavy (non-hydrogen) atoms. The SMILES string of the molecule is CCNC(=NC[C@@H]1CCO[C@@H](C)C1)NCC. The first-order chi connectivity index (χ1) is 7.76. The molecule has 0 aromatic rings. The van der Waals surface area contributed by atoms with Crippen LogP contribution in [-0.2, 0) is 4.74 Å². The third kappa shape index (κ3) is 4.84. The van der Waals surface area contributed by atoms with Crippen LogP contribution in [0, 0.1) is 5.92 Å². The molecular formula is C12H25N3O. The molecule has 4 heteroatoms. The number of hydrogen-bond donors (Lipinski definition) is 2. The first-order valence-electron chi connectivity index (χ1n) is 6.40. The van der Waals surface area contributed by atoms with Crippen LogP contribution in [-0.4, -0.2) is 38.3 Å². The Morgan fingerprint density at radius 2 is 2.00 bits per heavy atom. The zero-order valence-electron chi connectivity index (χ0n) is 10.8. The summed E-state index contributed by atoms with van der Waals surface area (Å²) in [6, 6.07) is 0. The lowest BCUT2D eigenvalue weighted by Crippen LogP contribution is -2.37. The first-order valence-corrected chi connectivity index (χ1v) is 6.40. The summed E-state index contributed by atoms with van der Waals surface area (Å²) in [6.45, 7) is 9.94. The third-order valence-corrected chi connectivity index (χ3v) is 2.79. The zero-order chi connectivity index (χ0) is 11.8. The standard InChI is InChI=1S/C12H25N3O/c1-4-13-12(14-5-2)15-9-11-6-7-16-10(3)8-11/h10-11H,4-9H2,1-3H3,(H2,13,14,15)/t10-,11+/m0/s1. The number of hydrogen-bond acceptors (Lipinski definition) is 2. The molecule has 0 aromatic heterocycles. The molecule has 1 fully saturated rings. The predicted octanol–water partition coefficient (Wildman–Crippen LogP) is 1.38. The largest absolute Gasteiger partial charge is 0.378 e. The first kappa shape index (κ1) is 13.3. The van der Waals surface area contributed by atoms with Gasteiger partial charge in [0.25, 0.3) is 0 Å². The summed E-state index contributed by atoms with van der Waals surface area (Å²) in [5.74, 6) is 1.61. The second kappa shape index (κ2) is 7.49. The monoisotopic (exact) mass is 227 g/mol. The summed E-state index contributed by atoms with van der Waals surface area (Å²) in [5.41, 5.74) is 0. The van der Waals surface area contributed by atoms with Crippen molar-refractivity contribution >= 4 is 5.96 Å². The molecule has 1 heterocycles. The molecule has 0 bridgehead atoms. The topological polar surface area (TPSA) is 45.7 Å². The fourth-order valence-corrected chi connectivity index (χ4v) is 1.99. The van der Waals surface area contributed by atoms with Crippen LogP contribution in [0.1, 0.15) is 33.6 Å². The van der Waals surface area contributed by atoms with Crippen LogP contribution in [0.15, 0.2) is 4.99 Å². The highest BCUT2D eigenvalue weighted by atomic mass is 16.5. The number of ether oxygens (including phenoxy) is 1. The average Bonchev–Trinajstić information content (AvgIpc) is 2.27. The Balaban J connectivity index is 2.35. The van der Waals surface area contributed by atoms with E-state index < -0.39 is 0 Å². The maximum absolute atomic E-state index is 5.53. The Bertz CT molecular complexity index is 210. The van der Waals surface area contributed by atoms with E-state index in [1.54, 1.807) is 0 Å². The van der Waals surface area contributed by atoms with Crippen LogP contribution >= 0.6 is 0 Å². The Morgan fingerprint density at radius 3 is 2.56 bits per heavy atom. The van der Waals surface area contributed by atoms with Gasteiger partial charge in [-0.3, -0.25) is 4.99 Å². The Kier molecular flexibility index (Phi) is 6.23. The number of nitrogens with zero attached hydrogens (tertiary/aromatic N) is 1. The van der Waals surface area contributed by atoms with Gasteiger partial charge in [-0.1, -0.05) is 0 Å². The van der Waals surface area contributed by atoms with Crippen LogP contribution in [0.3, 0.4) is 0 Å². The van der Waals surface area contributed by atoms with E-state index in [2.05, 4.69) is 36.4 Å². The molecule has 0 amide bonds. The van der Waals surface area contributed by atoms with Gasteiger partial charge in [0.05, 0.1) is 6.10 Å². The summed E-state index contributed by atoms with van der Waals surface area (Å²) in [4.78, 5) is 4.60. The lowest BCUT2D eigenvalue weighted by molar-refractivity contribution is 0.00480. The Morgan fingerprint density at radius 1 is 1.31 bits per heavy atom. The maximum Gasteiger partial charge on any atom is 0.191 e. The summed E-state index contributed by atoms with van der Waals surface area (Å²) >= 11 is 0. The Hall–Kier alpha value is -0.770. The van der Waals surface area contributed by atoms with Gasteiger partial charge in [0.15, 0.2) is 5.96 Å². The second-order valence-corrected chi connectivity index (χ2v) is 4.32. The van der Waals surface area contributed by atoms with Gasteiger partial charge in [-0.2, -0.15) is 0 Å². The predicted molar refractivity (Wildman–Crippen MR) is 67.8 cm³/mol. The van der Waals surface area contributed by atoms with Crippen LogP contribution < -0.4 is 10.6 Å². The van der Waals surface area contributed by atoms with Crippen LogP contribution in [0.25, 0.3) is 0 Å². The maximum atomic E-state index is 5.53. The highest BCUT2D eigenvalue weighted by Crippen LogP contribution is 2.19.